The minimum atomic E-state index is -0.284. The van der Waals surface area contributed by atoms with Gasteiger partial charge < -0.3 is 10.2 Å². The van der Waals surface area contributed by atoms with Crippen molar-refractivity contribution in [2.75, 3.05) is 13.6 Å². The van der Waals surface area contributed by atoms with Gasteiger partial charge in [0.15, 0.2) is 17.3 Å². The highest BCUT2D eigenvalue weighted by Gasteiger charge is 2.12. The molecule has 0 fully saturated rings. The Hall–Kier alpha value is -1.92. The number of aromatic nitrogens is 1. The van der Waals surface area contributed by atoms with Crippen LogP contribution in [-0.4, -0.2) is 39.5 Å². The highest BCUT2D eigenvalue weighted by molar-refractivity contribution is 7.09. The van der Waals surface area contributed by atoms with E-state index in [4.69, 9.17) is 0 Å². The fraction of sp³-hybridized carbons (Fsp3) is 0.286. The van der Waals surface area contributed by atoms with Crippen molar-refractivity contribution in [2.45, 2.75) is 13.5 Å². The summed E-state index contributed by atoms with van der Waals surface area (Å²) in [5, 5.41) is 21.6. The van der Waals surface area contributed by atoms with Crippen molar-refractivity contribution in [3.63, 3.8) is 0 Å². The summed E-state index contributed by atoms with van der Waals surface area (Å²) in [5.74, 6) is -0.628. The summed E-state index contributed by atoms with van der Waals surface area (Å²) in [5.41, 5.74) is 1.32. The van der Waals surface area contributed by atoms with Crippen LogP contribution in [0.25, 0.3) is 0 Å². The van der Waals surface area contributed by atoms with E-state index in [2.05, 4.69) is 4.98 Å². The van der Waals surface area contributed by atoms with E-state index in [1.54, 1.807) is 11.3 Å². The third-order valence-electron chi connectivity index (χ3n) is 2.81. The van der Waals surface area contributed by atoms with Gasteiger partial charge in [0.2, 0.25) is 0 Å². The van der Waals surface area contributed by atoms with Crippen molar-refractivity contribution < 1.29 is 15.0 Å². The average Bonchev–Trinajstić information content (AvgIpc) is 2.77. The molecule has 2 aromatic rings. The standard InChI is InChI=1S/C14H16N2O3S/c1-9-15-11(8-20-9)6-16(2)7-14(19)10-3-4-12(17)13(18)5-10/h3-5,8,17-18H,6-7H2,1-2H3. The first-order valence-corrected chi connectivity index (χ1v) is 6.98. The molecule has 0 bridgehead atoms. The van der Waals surface area contributed by atoms with E-state index in [0.29, 0.717) is 12.1 Å². The molecular formula is C14H16N2O3S. The van der Waals surface area contributed by atoms with Crippen LogP contribution < -0.4 is 0 Å². The molecule has 0 aliphatic heterocycles. The Morgan fingerprint density at radius 3 is 2.70 bits per heavy atom. The quantitative estimate of drug-likeness (QED) is 0.652. The maximum absolute atomic E-state index is 12.1. The monoisotopic (exact) mass is 292 g/mol. The Labute approximate surface area is 121 Å². The molecule has 20 heavy (non-hydrogen) atoms. The molecule has 1 heterocycles. The number of likely N-dealkylation sites (N-methyl/N-ethyl adjacent to an activating group) is 1. The third kappa shape index (κ3) is 3.55. The summed E-state index contributed by atoms with van der Waals surface area (Å²) in [6.07, 6.45) is 0. The zero-order valence-electron chi connectivity index (χ0n) is 11.3. The molecule has 0 amide bonds. The second-order valence-electron chi connectivity index (χ2n) is 4.66. The van der Waals surface area contributed by atoms with Crippen molar-refractivity contribution in [1.82, 2.24) is 9.88 Å². The van der Waals surface area contributed by atoms with E-state index < -0.39 is 0 Å². The van der Waals surface area contributed by atoms with Crippen molar-refractivity contribution in [3.05, 3.63) is 39.8 Å². The predicted molar refractivity (Wildman–Crippen MR) is 77.3 cm³/mol. The number of Topliss-reactive ketones (excluding diaryl/α,β-unsaturated/α-hetero) is 1. The fourth-order valence-electron chi connectivity index (χ4n) is 1.85. The number of carbonyl (C=O) groups is 1. The summed E-state index contributed by atoms with van der Waals surface area (Å²) < 4.78 is 0. The number of phenolic OH excluding ortho intramolecular Hbond substituents is 2. The minimum Gasteiger partial charge on any atom is -0.504 e. The highest BCUT2D eigenvalue weighted by atomic mass is 32.1. The van der Waals surface area contributed by atoms with Gasteiger partial charge in [-0.1, -0.05) is 0 Å². The maximum Gasteiger partial charge on any atom is 0.176 e. The molecule has 106 valence electrons. The second-order valence-corrected chi connectivity index (χ2v) is 5.72. The largest absolute Gasteiger partial charge is 0.504 e. The number of ketones is 1. The van der Waals surface area contributed by atoms with Crippen LogP contribution in [0.3, 0.4) is 0 Å². The van der Waals surface area contributed by atoms with Crippen molar-refractivity contribution >= 4 is 17.1 Å². The van der Waals surface area contributed by atoms with Gasteiger partial charge in [-0.25, -0.2) is 4.98 Å². The van der Waals surface area contributed by atoms with E-state index in [9.17, 15) is 15.0 Å². The maximum atomic E-state index is 12.1. The lowest BCUT2D eigenvalue weighted by atomic mass is 10.1. The molecule has 1 aromatic carbocycles. The molecule has 5 nitrogen and oxygen atoms in total. The van der Waals surface area contributed by atoms with E-state index in [1.165, 1.54) is 18.2 Å². The zero-order valence-corrected chi connectivity index (χ0v) is 12.1. The van der Waals surface area contributed by atoms with Crippen molar-refractivity contribution in [2.24, 2.45) is 0 Å². The molecule has 0 saturated heterocycles. The van der Waals surface area contributed by atoms with Gasteiger partial charge in [0.25, 0.3) is 0 Å². The lowest BCUT2D eigenvalue weighted by Gasteiger charge is -2.14. The molecule has 2 N–H and O–H groups in total. The molecule has 0 spiro atoms. The number of aromatic hydroxyl groups is 2. The van der Waals surface area contributed by atoms with Gasteiger partial charge >= 0.3 is 0 Å². The first-order valence-electron chi connectivity index (χ1n) is 6.10. The predicted octanol–water partition coefficient (Wildman–Crippen LogP) is 2.18. The summed E-state index contributed by atoms with van der Waals surface area (Å²) in [6.45, 7) is 2.76. The number of hydrogen-bond donors (Lipinski definition) is 2. The average molecular weight is 292 g/mol. The Morgan fingerprint density at radius 1 is 1.35 bits per heavy atom. The Kier molecular flexibility index (Phi) is 4.36. The Bertz CT molecular complexity index is 625. The summed E-state index contributed by atoms with van der Waals surface area (Å²) in [4.78, 5) is 18.3. The van der Waals surface area contributed by atoms with Gasteiger partial charge in [0.1, 0.15) is 0 Å². The third-order valence-corrected chi connectivity index (χ3v) is 3.63. The fourth-order valence-corrected chi connectivity index (χ4v) is 2.45. The van der Waals surface area contributed by atoms with Crippen LogP contribution in [0.1, 0.15) is 21.1 Å². The first-order chi connectivity index (χ1) is 9.45. The normalized spacial score (nSPS) is 10.9. The molecule has 0 aliphatic carbocycles. The lowest BCUT2D eigenvalue weighted by molar-refractivity contribution is 0.0942. The van der Waals surface area contributed by atoms with Gasteiger partial charge in [0, 0.05) is 17.5 Å². The van der Waals surface area contributed by atoms with Crippen LogP contribution in [0.4, 0.5) is 0 Å². The zero-order chi connectivity index (χ0) is 14.7. The van der Waals surface area contributed by atoms with E-state index in [1.807, 2.05) is 24.3 Å². The molecule has 2 rings (SSSR count). The van der Waals surface area contributed by atoms with Gasteiger partial charge in [0.05, 0.1) is 17.2 Å². The summed E-state index contributed by atoms with van der Waals surface area (Å²) in [6, 6.07) is 4.09. The Balaban J connectivity index is 1.98. The molecule has 0 aliphatic rings. The molecule has 6 heteroatoms. The number of carbonyl (C=O) groups excluding carboxylic acids is 1. The lowest BCUT2D eigenvalue weighted by Crippen LogP contribution is -2.25. The van der Waals surface area contributed by atoms with Crippen LogP contribution in [0.2, 0.25) is 0 Å². The number of benzene rings is 1. The number of hydrogen-bond acceptors (Lipinski definition) is 6. The minimum absolute atomic E-state index is 0.116. The second kappa shape index (κ2) is 6.02. The van der Waals surface area contributed by atoms with Gasteiger partial charge in [-0.2, -0.15) is 0 Å². The van der Waals surface area contributed by atoms with Crippen LogP contribution >= 0.6 is 11.3 Å². The molecule has 0 saturated carbocycles. The number of aryl methyl sites for hydroxylation is 1. The van der Waals surface area contributed by atoms with E-state index in [0.717, 1.165) is 10.7 Å². The Morgan fingerprint density at radius 2 is 2.10 bits per heavy atom. The van der Waals surface area contributed by atoms with E-state index in [-0.39, 0.29) is 23.8 Å². The van der Waals surface area contributed by atoms with Gasteiger partial charge in [-0.15, -0.1) is 11.3 Å². The molecule has 1 aromatic heterocycles. The molecule has 0 unspecified atom stereocenters. The topological polar surface area (TPSA) is 73.7 Å². The first kappa shape index (κ1) is 14.5. The summed E-state index contributed by atoms with van der Waals surface area (Å²) >= 11 is 1.58. The number of nitrogens with zero attached hydrogens (tertiary/aromatic N) is 2. The molecule has 0 radical (unpaired) electrons. The SMILES string of the molecule is Cc1nc(CN(C)CC(=O)c2ccc(O)c(O)c2)cs1. The number of thiazole rings is 1. The van der Waals surface area contributed by atoms with Crippen LogP contribution in [0.15, 0.2) is 23.6 Å². The van der Waals surface area contributed by atoms with Crippen molar-refractivity contribution in [3.8, 4) is 11.5 Å². The highest BCUT2D eigenvalue weighted by Crippen LogP contribution is 2.25. The van der Waals surface area contributed by atoms with Crippen LogP contribution in [-0.2, 0) is 6.54 Å². The smallest absolute Gasteiger partial charge is 0.176 e. The summed E-state index contributed by atoms with van der Waals surface area (Å²) in [7, 11) is 1.84. The molecular weight excluding hydrogens is 276 g/mol. The number of rotatable bonds is 5. The van der Waals surface area contributed by atoms with Crippen molar-refractivity contribution in [1.29, 1.82) is 0 Å². The van der Waals surface area contributed by atoms with Gasteiger partial charge in [-0.3, -0.25) is 9.69 Å². The van der Waals surface area contributed by atoms with Crippen LogP contribution in [0, 0.1) is 6.92 Å². The van der Waals surface area contributed by atoms with Gasteiger partial charge in [-0.05, 0) is 32.2 Å². The van der Waals surface area contributed by atoms with Crippen LogP contribution in [0.5, 0.6) is 11.5 Å². The number of phenols is 2. The molecule has 0 atom stereocenters. The van der Waals surface area contributed by atoms with E-state index >= 15 is 0 Å².